The van der Waals surface area contributed by atoms with Crippen molar-refractivity contribution in [3.05, 3.63) is 47.5 Å². The third kappa shape index (κ3) is 5.34. The SMILES string of the molecule is COCc1cn(CC[C@@H]2CC[C@@H](NC(=O)c3ccc(F)cc3)[C@@H](CO)O2)nn1. The lowest BCUT2D eigenvalue weighted by molar-refractivity contribution is -0.0912. The van der Waals surface area contributed by atoms with Crippen LogP contribution >= 0.6 is 0 Å². The van der Waals surface area contributed by atoms with Crippen LogP contribution < -0.4 is 5.32 Å². The van der Waals surface area contributed by atoms with E-state index in [4.69, 9.17) is 9.47 Å². The number of methoxy groups -OCH3 is 1. The molecule has 0 unspecified atom stereocenters. The second kappa shape index (κ2) is 9.72. The van der Waals surface area contributed by atoms with Crippen LogP contribution in [-0.4, -0.2) is 58.0 Å². The molecule has 8 nitrogen and oxygen atoms in total. The highest BCUT2D eigenvalue weighted by Gasteiger charge is 2.32. The van der Waals surface area contributed by atoms with Gasteiger partial charge in [0.05, 0.1) is 31.6 Å². The molecule has 28 heavy (non-hydrogen) atoms. The summed E-state index contributed by atoms with van der Waals surface area (Å²) in [5.41, 5.74) is 1.14. The topological polar surface area (TPSA) is 98.5 Å². The van der Waals surface area contributed by atoms with Gasteiger partial charge in [0.25, 0.3) is 5.91 Å². The van der Waals surface area contributed by atoms with Gasteiger partial charge in [0, 0.05) is 19.2 Å². The second-order valence-electron chi connectivity index (χ2n) is 6.84. The van der Waals surface area contributed by atoms with Gasteiger partial charge in [-0.25, -0.2) is 4.39 Å². The summed E-state index contributed by atoms with van der Waals surface area (Å²) in [5.74, 6) is -0.700. The summed E-state index contributed by atoms with van der Waals surface area (Å²) < 4.78 is 25.7. The molecule has 0 saturated carbocycles. The minimum Gasteiger partial charge on any atom is -0.394 e. The number of hydrogen-bond acceptors (Lipinski definition) is 6. The number of nitrogens with zero attached hydrogens (tertiary/aromatic N) is 3. The number of rotatable bonds is 8. The van der Waals surface area contributed by atoms with Crippen LogP contribution in [0.4, 0.5) is 4.39 Å². The summed E-state index contributed by atoms with van der Waals surface area (Å²) in [6.45, 7) is 0.875. The van der Waals surface area contributed by atoms with Gasteiger partial charge in [0.15, 0.2) is 0 Å². The van der Waals surface area contributed by atoms with Crippen molar-refractivity contribution in [2.75, 3.05) is 13.7 Å². The van der Waals surface area contributed by atoms with Crippen LogP contribution in [0.5, 0.6) is 0 Å². The molecule has 1 fully saturated rings. The molecule has 3 atom stereocenters. The van der Waals surface area contributed by atoms with Crippen molar-refractivity contribution in [3.8, 4) is 0 Å². The van der Waals surface area contributed by atoms with Gasteiger partial charge in [-0.15, -0.1) is 5.10 Å². The number of aromatic nitrogens is 3. The Bertz CT molecular complexity index is 768. The second-order valence-corrected chi connectivity index (χ2v) is 6.84. The van der Waals surface area contributed by atoms with E-state index in [9.17, 15) is 14.3 Å². The lowest BCUT2D eigenvalue weighted by atomic mass is 9.96. The lowest BCUT2D eigenvalue weighted by Crippen LogP contribution is -2.51. The molecule has 1 saturated heterocycles. The zero-order chi connectivity index (χ0) is 19.9. The first-order chi connectivity index (χ1) is 13.6. The van der Waals surface area contributed by atoms with Crippen LogP contribution in [0.15, 0.2) is 30.5 Å². The van der Waals surface area contributed by atoms with Crippen LogP contribution in [0.25, 0.3) is 0 Å². The van der Waals surface area contributed by atoms with Crippen molar-refractivity contribution in [3.63, 3.8) is 0 Å². The zero-order valence-electron chi connectivity index (χ0n) is 15.8. The van der Waals surface area contributed by atoms with Crippen molar-refractivity contribution in [1.29, 1.82) is 0 Å². The molecule has 1 aliphatic rings. The largest absolute Gasteiger partial charge is 0.394 e. The number of halogens is 1. The molecule has 0 spiro atoms. The molecule has 2 N–H and O–H groups in total. The fourth-order valence-corrected chi connectivity index (χ4v) is 3.30. The maximum Gasteiger partial charge on any atom is 0.251 e. The summed E-state index contributed by atoms with van der Waals surface area (Å²) in [6.07, 6.45) is 3.49. The Morgan fingerprint density at radius 2 is 2.18 bits per heavy atom. The first-order valence-electron chi connectivity index (χ1n) is 9.29. The third-order valence-corrected chi connectivity index (χ3v) is 4.78. The molecular weight excluding hydrogens is 367 g/mol. The Balaban J connectivity index is 1.49. The predicted molar refractivity (Wildman–Crippen MR) is 98.0 cm³/mol. The molecule has 1 aromatic carbocycles. The van der Waals surface area contributed by atoms with Crippen LogP contribution in [0.3, 0.4) is 0 Å². The number of aryl methyl sites for hydroxylation is 1. The summed E-state index contributed by atoms with van der Waals surface area (Å²) in [6, 6.07) is 5.06. The number of carbonyl (C=O) groups excluding carboxylic acids is 1. The third-order valence-electron chi connectivity index (χ3n) is 4.78. The maximum atomic E-state index is 13.0. The van der Waals surface area contributed by atoms with Gasteiger partial charge in [-0.3, -0.25) is 9.48 Å². The van der Waals surface area contributed by atoms with E-state index in [2.05, 4.69) is 15.6 Å². The average molecular weight is 392 g/mol. The minimum absolute atomic E-state index is 0.0359. The molecule has 1 aliphatic heterocycles. The van der Waals surface area contributed by atoms with Crippen LogP contribution in [0.2, 0.25) is 0 Å². The number of benzene rings is 1. The van der Waals surface area contributed by atoms with Crippen molar-refractivity contribution < 1.29 is 23.8 Å². The Hall–Kier alpha value is -2.36. The quantitative estimate of drug-likeness (QED) is 0.703. The number of hydrogen-bond donors (Lipinski definition) is 2. The highest BCUT2D eigenvalue weighted by Crippen LogP contribution is 2.22. The van der Waals surface area contributed by atoms with Crippen molar-refractivity contribution in [2.24, 2.45) is 0 Å². The Morgan fingerprint density at radius 3 is 2.89 bits per heavy atom. The number of ether oxygens (including phenoxy) is 2. The summed E-state index contributed by atoms with van der Waals surface area (Å²) in [4.78, 5) is 12.3. The average Bonchev–Trinajstić information content (AvgIpc) is 3.15. The normalized spacial score (nSPS) is 22.2. The molecule has 1 amide bonds. The minimum atomic E-state index is -0.483. The number of carbonyl (C=O) groups is 1. The molecule has 3 rings (SSSR count). The molecule has 9 heteroatoms. The Kier molecular flexibility index (Phi) is 7.07. The van der Waals surface area contributed by atoms with E-state index in [-0.39, 0.29) is 24.7 Å². The fraction of sp³-hybridized carbons (Fsp3) is 0.526. The lowest BCUT2D eigenvalue weighted by Gasteiger charge is -2.36. The summed E-state index contributed by atoms with van der Waals surface area (Å²) in [7, 11) is 1.61. The van der Waals surface area contributed by atoms with Gasteiger partial charge in [-0.1, -0.05) is 5.21 Å². The zero-order valence-corrected chi connectivity index (χ0v) is 15.8. The van der Waals surface area contributed by atoms with Gasteiger partial charge in [0.2, 0.25) is 0 Å². The monoisotopic (exact) mass is 392 g/mol. The first kappa shape index (κ1) is 20.4. The highest BCUT2D eigenvalue weighted by atomic mass is 19.1. The van der Waals surface area contributed by atoms with E-state index in [1.54, 1.807) is 11.8 Å². The van der Waals surface area contributed by atoms with E-state index in [0.29, 0.717) is 25.1 Å². The summed E-state index contributed by atoms with van der Waals surface area (Å²) in [5, 5.41) is 20.6. The van der Waals surface area contributed by atoms with Gasteiger partial charge in [-0.2, -0.15) is 0 Å². The standard InChI is InChI=1S/C19H25FN4O4/c1-27-12-15-10-24(23-22-15)9-8-16-6-7-17(18(11-25)28-16)21-19(26)13-2-4-14(20)5-3-13/h2-5,10,16-18,25H,6-9,11-12H2,1H3,(H,21,26)/t16-,17+,18+/m0/s1. The van der Waals surface area contributed by atoms with E-state index in [1.165, 1.54) is 24.3 Å². The van der Waals surface area contributed by atoms with Crippen LogP contribution in [0.1, 0.15) is 35.3 Å². The van der Waals surface area contributed by atoms with Gasteiger partial charge in [0.1, 0.15) is 17.6 Å². The number of aliphatic hydroxyl groups excluding tert-OH is 1. The molecule has 1 aromatic heterocycles. The summed E-state index contributed by atoms with van der Waals surface area (Å²) >= 11 is 0. The smallest absolute Gasteiger partial charge is 0.251 e. The Labute approximate surface area is 162 Å². The number of nitrogens with one attached hydrogen (secondary N) is 1. The van der Waals surface area contributed by atoms with E-state index >= 15 is 0 Å². The molecule has 0 bridgehead atoms. The highest BCUT2D eigenvalue weighted by molar-refractivity contribution is 5.94. The first-order valence-corrected chi connectivity index (χ1v) is 9.29. The fourth-order valence-electron chi connectivity index (χ4n) is 3.30. The van der Waals surface area contributed by atoms with Crippen LogP contribution in [0, 0.1) is 5.82 Å². The number of amides is 1. The molecule has 0 radical (unpaired) electrons. The van der Waals surface area contributed by atoms with Gasteiger partial charge in [-0.05, 0) is 43.5 Å². The molecule has 2 heterocycles. The molecule has 2 aromatic rings. The van der Waals surface area contributed by atoms with Crippen molar-refractivity contribution >= 4 is 5.91 Å². The number of aliphatic hydroxyl groups is 1. The van der Waals surface area contributed by atoms with Gasteiger partial charge < -0.3 is 19.9 Å². The Morgan fingerprint density at radius 1 is 1.39 bits per heavy atom. The van der Waals surface area contributed by atoms with Gasteiger partial charge >= 0.3 is 0 Å². The predicted octanol–water partition coefficient (Wildman–Crippen LogP) is 1.29. The van der Waals surface area contributed by atoms with E-state index in [1.807, 2.05) is 6.20 Å². The van der Waals surface area contributed by atoms with E-state index < -0.39 is 11.9 Å². The van der Waals surface area contributed by atoms with Crippen molar-refractivity contribution in [1.82, 2.24) is 20.3 Å². The molecule has 152 valence electrons. The van der Waals surface area contributed by atoms with Crippen LogP contribution in [-0.2, 0) is 22.6 Å². The maximum absolute atomic E-state index is 13.0. The van der Waals surface area contributed by atoms with Crippen molar-refractivity contribution in [2.45, 2.75) is 50.7 Å². The molecular formula is C19H25FN4O4. The van der Waals surface area contributed by atoms with E-state index in [0.717, 1.165) is 18.5 Å². The molecule has 0 aliphatic carbocycles.